The molecule has 20 heavy (non-hydrogen) atoms. The Kier molecular flexibility index (Phi) is 7.04. The molecule has 0 heterocycles. The van der Waals surface area contributed by atoms with Crippen LogP contribution in [0.15, 0.2) is 24.3 Å². The SMILES string of the molecule is CCOC(CNC(=O)c1cccc(N(C)C)c1)OCC. The van der Waals surface area contributed by atoms with Gasteiger partial charge in [0.15, 0.2) is 6.29 Å². The average molecular weight is 280 g/mol. The minimum atomic E-state index is -0.397. The van der Waals surface area contributed by atoms with Crippen molar-refractivity contribution in [1.29, 1.82) is 0 Å². The number of rotatable bonds is 8. The number of amides is 1. The van der Waals surface area contributed by atoms with Crippen molar-refractivity contribution in [2.75, 3.05) is 38.8 Å². The number of carbonyl (C=O) groups excluding carboxylic acids is 1. The Hall–Kier alpha value is -1.59. The fourth-order valence-electron chi connectivity index (χ4n) is 1.74. The molecule has 0 fully saturated rings. The van der Waals surface area contributed by atoms with E-state index in [9.17, 15) is 4.79 Å². The maximum atomic E-state index is 12.1. The first-order valence-corrected chi connectivity index (χ1v) is 6.87. The zero-order valence-electron chi connectivity index (χ0n) is 12.7. The highest BCUT2D eigenvalue weighted by molar-refractivity contribution is 5.95. The van der Waals surface area contributed by atoms with Crippen molar-refractivity contribution >= 4 is 11.6 Å². The molecule has 0 aliphatic carbocycles. The Labute approximate surface area is 120 Å². The van der Waals surface area contributed by atoms with Gasteiger partial charge in [-0.3, -0.25) is 4.79 Å². The van der Waals surface area contributed by atoms with Gasteiger partial charge in [-0.05, 0) is 32.0 Å². The topological polar surface area (TPSA) is 50.8 Å². The van der Waals surface area contributed by atoms with E-state index in [2.05, 4.69) is 5.32 Å². The van der Waals surface area contributed by atoms with Gasteiger partial charge in [0.05, 0.1) is 6.54 Å². The van der Waals surface area contributed by atoms with Crippen molar-refractivity contribution < 1.29 is 14.3 Å². The lowest BCUT2D eigenvalue weighted by Gasteiger charge is -2.18. The molecule has 0 aromatic heterocycles. The lowest BCUT2D eigenvalue weighted by molar-refractivity contribution is -0.131. The van der Waals surface area contributed by atoms with Gasteiger partial charge in [0.2, 0.25) is 0 Å². The smallest absolute Gasteiger partial charge is 0.251 e. The molecule has 1 aromatic rings. The third-order valence-electron chi connectivity index (χ3n) is 2.76. The van der Waals surface area contributed by atoms with Crippen LogP contribution in [-0.2, 0) is 9.47 Å². The standard InChI is InChI=1S/C15H24N2O3/c1-5-19-14(20-6-2)11-16-15(18)12-8-7-9-13(10-12)17(3)4/h7-10,14H,5-6,11H2,1-4H3,(H,16,18). The summed E-state index contributed by atoms with van der Waals surface area (Å²) in [6, 6.07) is 7.47. The maximum absolute atomic E-state index is 12.1. The van der Waals surface area contributed by atoms with Crippen LogP contribution in [0.2, 0.25) is 0 Å². The molecule has 1 rings (SSSR count). The molecular formula is C15H24N2O3. The van der Waals surface area contributed by atoms with E-state index in [4.69, 9.17) is 9.47 Å². The lowest BCUT2D eigenvalue weighted by Crippen LogP contribution is -2.35. The van der Waals surface area contributed by atoms with Gasteiger partial charge in [0.1, 0.15) is 0 Å². The highest BCUT2D eigenvalue weighted by Crippen LogP contribution is 2.13. The predicted octanol–water partition coefficient (Wildman–Crippen LogP) is 1.88. The fourth-order valence-corrected chi connectivity index (χ4v) is 1.74. The Morgan fingerprint density at radius 2 is 1.90 bits per heavy atom. The van der Waals surface area contributed by atoms with Gasteiger partial charge in [-0.1, -0.05) is 6.07 Å². The van der Waals surface area contributed by atoms with Crippen LogP contribution >= 0.6 is 0 Å². The molecule has 0 aliphatic rings. The Morgan fingerprint density at radius 1 is 1.25 bits per heavy atom. The van der Waals surface area contributed by atoms with E-state index < -0.39 is 6.29 Å². The fraction of sp³-hybridized carbons (Fsp3) is 0.533. The van der Waals surface area contributed by atoms with Crippen molar-refractivity contribution in [3.8, 4) is 0 Å². The number of carbonyl (C=O) groups is 1. The summed E-state index contributed by atoms with van der Waals surface area (Å²) in [4.78, 5) is 14.1. The van der Waals surface area contributed by atoms with Crippen molar-refractivity contribution in [2.45, 2.75) is 20.1 Å². The normalized spacial score (nSPS) is 10.7. The van der Waals surface area contributed by atoms with E-state index in [1.165, 1.54) is 0 Å². The summed E-state index contributed by atoms with van der Waals surface area (Å²) in [5.74, 6) is -0.127. The Balaban J connectivity index is 2.59. The van der Waals surface area contributed by atoms with E-state index >= 15 is 0 Å². The van der Waals surface area contributed by atoms with E-state index in [-0.39, 0.29) is 5.91 Å². The van der Waals surface area contributed by atoms with Crippen LogP contribution in [0, 0.1) is 0 Å². The second-order valence-electron chi connectivity index (χ2n) is 4.50. The molecule has 0 bridgehead atoms. The second-order valence-corrected chi connectivity index (χ2v) is 4.50. The molecule has 5 heteroatoms. The number of ether oxygens (including phenoxy) is 2. The summed E-state index contributed by atoms with van der Waals surface area (Å²) in [7, 11) is 3.88. The minimum Gasteiger partial charge on any atom is -0.378 e. The molecule has 0 saturated carbocycles. The first-order chi connectivity index (χ1) is 9.58. The molecule has 112 valence electrons. The summed E-state index contributed by atoms with van der Waals surface area (Å²) < 4.78 is 10.8. The number of hydrogen-bond donors (Lipinski definition) is 1. The molecule has 0 aliphatic heterocycles. The van der Waals surface area contributed by atoms with E-state index in [0.717, 1.165) is 5.69 Å². The van der Waals surface area contributed by atoms with Crippen molar-refractivity contribution in [1.82, 2.24) is 5.32 Å². The van der Waals surface area contributed by atoms with Crippen molar-refractivity contribution in [3.05, 3.63) is 29.8 Å². The zero-order chi connectivity index (χ0) is 15.0. The third kappa shape index (κ3) is 5.19. The number of nitrogens with zero attached hydrogens (tertiary/aromatic N) is 1. The summed E-state index contributed by atoms with van der Waals surface area (Å²) >= 11 is 0. The minimum absolute atomic E-state index is 0.127. The molecule has 1 aromatic carbocycles. The monoisotopic (exact) mass is 280 g/mol. The number of nitrogens with one attached hydrogen (secondary N) is 1. The second kappa shape index (κ2) is 8.55. The first-order valence-electron chi connectivity index (χ1n) is 6.87. The van der Waals surface area contributed by atoms with Gasteiger partial charge in [0, 0.05) is 38.6 Å². The number of anilines is 1. The maximum Gasteiger partial charge on any atom is 0.251 e. The number of hydrogen-bond acceptors (Lipinski definition) is 4. The van der Waals surface area contributed by atoms with Crippen LogP contribution in [-0.4, -0.2) is 46.1 Å². The van der Waals surface area contributed by atoms with Gasteiger partial charge in [0.25, 0.3) is 5.91 Å². The summed E-state index contributed by atoms with van der Waals surface area (Å²) in [6.07, 6.45) is -0.397. The number of benzene rings is 1. The van der Waals surface area contributed by atoms with Crippen LogP contribution < -0.4 is 10.2 Å². The summed E-state index contributed by atoms with van der Waals surface area (Å²) in [6.45, 7) is 5.24. The molecule has 1 N–H and O–H groups in total. The third-order valence-corrected chi connectivity index (χ3v) is 2.76. The average Bonchev–Trinajstić information content (AvgIpc) is 2.45. The Bertz CT molecular complexity index is 415. The molecule has 0 radical (unpaired) electrons. The lowest BCUT2D eigenvalue weighted by atomic mass is 10.2. The highest BCUT2D eigenvalue weighted by Gasteiger charge is 2.12. The predicted molar refractivity (Wildman–Crippen MR) is 80.1 cm³/mol. The van der Waals surface area contributed by atoms with Crippen LogP contribution in [0.3, 0.4) is 0 Å². The first kappa shape index (κ1) is 16.5. The molecule has 0 saturated heterocycles. The molecule has 0 atom stereocenters. The van der Waals surface area contributed by atoms with Crippen LogP contribution in [0.5, 0.6) is 0 Å². The van der Waals surface area contributed by atoms with Crippen molar-refractivity contribution in [3.63, 3.8) is 0 Å². The van der Waals surface area contributed by atoms with Gasteiger partial charge in [-0.2, -0.15) is 0 Å². The summed E-state index contributed by atoms with van der Waals surface area (Å²) in [5.41, 5.74) is 1.62. The van der Waals surface area contributed by atoms with E-state index in [1.54, 1.807) is 6.07 Å². The molecule has 0 spiro atoms. The van der Waals surface area contributed by atoms with E-state index in [0.29, 0.717) is 25.3 Å². The largest absolute Gasteiger partial charge is 0.378 e. The molecule has 1 amide bonds. The van der Waals surface area contributed by atoms with Gasteiger partial charge in [-0.15, -0.1) is 0 Å². The zero-order valence-corrected chi connectivity index (χ0v) is 12.7. The van der Waals surface area contributed by atoms with Crippen LogP contribution in [0.4, 0.5) is 5.69 Å². The quantitative estimate of drug-likeness (QED) is 0.739. The molecule has 5 nitrogen and oxygen atoms in total. The Morgan fingerprint density at radius 3 is 2.45 bits per heavy atom. The molecule has 0 unspecified atom stereocenters. The van der Waals surface area contributed by atoms with Gasteiger partial charge in [-0.25, -0.2) is 0 Å². The molecular weight excluding hydrogens is 256 g/mol. The van der Waals surface area contributed by atoms with Gasteiger partial charge < -0.3 is 19.7 Å². The van der Waals surface area contributed by atoms with Crippen LogP contribution in [0.1, 0.15) is 24.2 Å². The highest BCUT2D eigenvalue weighted by atomic mass is 16.7. The van der Waals surface area contributed by atoms with Crippen LogP contribution in [0.25, 0.3) is 0 Å². The van der Waals surface area contributed by atoms with E-state index in [1.807, 2.05) is 51.0 Å². The summed E-state index contributed by atoms with van der Waals surface area (Å²) in [5, 5.41) is 2.83. The van der Waals surface area contributed by atoms with Gasteiger partial charge >= 0.3 is 0 Å². The van der Waals surface area contributed by atoms with Crippen molar-refractivity contribution in [2.24, 2.45) is 0 Å².